The Bertz CT molecular complexity index is 582. The molecule has 0 amide bonds. The van der Waals surface area contributed by atoms with Gasteiger partial charge in [0.05, 0.1) is 0 Å². The van der Waals surface area contributed by atoms with Crippen LogP contribution in [0.4, 0.5) is 0 Å². The molecule has 0 saturated heterocycles. The van der Waals surface area contributed by atoms with E-state index in [1.807, 2.05) is 43.3 Å². The van der Waals surface area contributed by atoms with Gasteiger partial charge in [-0.1, -0.05) is 32.9 Å². The van der Waals surface area contributed by atoms with Crippen LogP contribution < -0.4 is 4.74 Å². The minimum absolute atomic E-state index is 0.152. The summed E-state index contributed by atoms with van der Waals surface area (Å²) >= 11 is 0. The Morgan fingerprint density at radius 2 is 1.48 bits per heavy atom. The second kappa shape index (κ2) is 7.07. The first kappa shape index (κ1) is 15.3. The summed E-state index contributed by atoms with van der Waals surface area (Å²) in [5.41, 5.74) is 2.06. The lowest BCUT2D eigenvalue weighted by Crippen LogP contribution is -1.96. The van der Waals surface area contributed by atoms with E-state index in [4.69, 9.17) is 4.74 Å². The third kappa shape index (κ3) is 3.94. The van der Waals surface area contributed by atoms with Gasteiger partial charge in [0.1, 0.15) is 11.5 Å². The molecule has 21 heavy (non-hydrogen) atoms. The number of rotatable bonds is 6. The lowest BCUT2D eigenvalue weighted by molar-refractivity contribution is 0.0988. The largest absolute Gasteiger partial charge is 0.457 e. The van der Waals surface area contributed by atoms with Gasteiger partial charge in [-0.3, -0.25) is 4.79 Å². The van der Waals surface area contributed by atoms with Gasteiger partial charge in [-0.15, -0.1) is 0 Å². The zero-order valence-corrected chi connectivity index (χ0v) is 12.9. The highest BCUT2D eigenvalue weighted by Crippen LogP contribution is 2.25. The lowest BCUT2D eigenvalue weighted by Gasteiger charge is -2.10. The predicted octanol–water partition coefficient (Wildman–Crippen LogP) is 5.59. The van der Waals surface area contributed by atoms with Gasteiger partial charge in [0.2, 0.25) is 0 Å². The first-order valence-corrected chi connectivity index (χ1v) is 7.55. The van der Waals surface area contributed by atoms with Crippen LogP contribution in [0.1, 0.15) is 55.5 Å². The van der Waals surface area contributed by atoms with Crippen molar-refractivity contribution in [2.75, 3.05) is 0 Å². The highest BCUT2D eigenvalue weighted by molar-refractivity contribution is 5.95. The molecule has 0 aliphatic heterocycles. The number of benzene rings is 2. The van der Waals surface area contributed by atoms with Crippen molar-refractivity contribution >= 4 is 5.78 Å². The number of Topliss-reactive ketones (excluding diaryl/α,β-unsaturated/α-hetero) is 1. The fraction of sp³-hybridized carbons (Fsp3) is 0.316. The molecule has 2 rings (SSSR count). The summed E-state index contributed by atoms with van der Waals surface area (Å²) in [6.07, 6.45) is 1.66. The Kier molecular flexibility index (Phi) is 5.15. The summed E-state index contributed by atoms with van der Waals surface area (Å²) in [7, 11) is 0. The molecule has 0 aliphatic rings. The molecule has 0 radical (unpaired) electrons. The predicted molar refractivity (Wildman–Crippen MR) is 86.3 cm³/mol. The summed E-state index contributed by atoms with van der Waals surface area (Å²) in [4.78, 5) is 11.6. The van der Waals surface area contributed by atoms with Crippen LogP contribution in [0, 0.1) is 0 Å². The molecule has 0 N–H and O–H groups in total. The minimum atomic E-state index is 0.152. The molecule has 0 fully saturated rings. The molecular formula is C19H22O2. The van der Waals surface area contributed by atoms with Crippen molar-refractivity contribution in [1.29, 1.82) is 0 Å². The fourth-order valence-corrected chi connectivity index (χ4v) is 2.15. The molecule has 110 valence electrons. The van der Waals surface area contributed by atoms with Gasteiger partial charge in [-0.05, 0) is 54.3 Å². The van der Waals surface area contributed by atoms with Crippen LogP contribution in [0.3, 0.4) is 0 Å². The average molecular weight is 282 g/mol. The second-order valence-electron chi connectivity index (χ2n) is 5.28. The number of hydrogen-bond acceptors (Lipinski definition) is 2. The number of carbonyl (C=O) groups is 1. The maximum atomic E-state index is 11.6. The van der Waals surface area contributed by atoms with Crippen molar-refractivity contribution in [3.05, 3.63) is 59.7 Å². The smallest absolute Gasteiger partial charge is 0.162 e. The molecule has 0 aliphatic carbocycles. The van der Waals surface area contributed by atoms with Crippen molar-refractivity contribution in [3.63, 3.8) is 0 Å². The average Bonchev–Trinajstić information content (AvgIpc) is 2.55. The first-order chi connectivity index (χ1) is 10.1. The van der Waals surface area contributed by atoms with E-state index >= 15 is 0 Å². The summed E-state index contributed by atoms with van der Waals surface area (Å²) in [5.74, 6) is 2.29. The zero-order valence-electron chi connectivity index (χ0n) is 12.9. The quantitative estimate of drug-likeness (QED) is 0.646. The normalized spacial score (nSPS) is 12.0. The highest BCUT2D eigenvalue weighted by atomic mass is 16.5. The van der Waals surface area contributed by atoms with Crippen LogP contribution in [0.5, 0.6) is 11.5 Å². The van der Waals surface area contributed by atoms with Gasteiger partial charge >= 0.3 is 0 Å². The van der Waals surface area contributed by atoms with Crippen molar-refractivity contribution in [2.45, 2.75) is 39.5 Å². The van der Waals surface area contributed by atoms with E-state index in [2.05, 4.69) is 26.0 Å². The number of carbonyl (C=O) groups excluding carboxylic acids is 1. The molecule has 0 aromatic heterocycles. The number of hydrogen-bond donors (Lipinski definition) is 0. The maximum Gasteiger partial charge on any atom is 0.162 e. The van der Waals surface area contributed by atoms with Crippen LogP contribution in [-0.4, -0.2) is 5.78 Å². The summed E-state index contributed by atoms with van der Waals surface area (Å²) < 4.78 is 5.80. The number of ether oxygens (including phenoxy) is 1. The van der Waals surface area contributed by atoms with E-state index in [9.17, 15) is 4.79 Å². The molecule has 0 spiro atoms. The standard InChI is InChI=1S/C19H22O2/c1-4-14(3)15-6-10-17(11-7-15)21-18-12-8-16(9-13-18)19(20)5-2/h6-14H,4-5H2,1-3H3. The summed E-state index contributed by atoms with van der Waals surface area (Å²) in [6, 6.07) is 15.5. The van der Waals surface area contributed by atoms with Crippen LogP contribution in [0.25, 0.3) is 0 Å². The van der Waals surface area contributed by atoms with Crippen molar-refractivity contribution in [1.82, 2.24) is 0 Å². The van der Waals surface area contributed by atoms with E-state index in [1.54, 1.807) is 0 Å². The number of ketones is 1. The Balaban J connectivity index is 2.06. The lowest BCUT2D eigenvalue weighted by atomic mass is 9.99. The van der Waals surface area contributed by atoms with Crippen molar-refractivity contribution < 1.29 is 9.53 Å². The molecule has 1 unspecified atom stereocenters. The van der Waals surface area contributed by atoms with Gasteiger partial charge < -0.3 is 4.74 Å². The minimum Gasteiger partial charge on any atom is -0.457 e. The molecule has 2 nitrogen and oxygen atoms in total. The SMILES string of the molecule is CCC(=O)c1ccc(Oc2ccc(C(C)CC)cc2)cc1. The summed E-state index contributed by atoms with van der Waals surface area (Å²) in [6.45, 7) is 6.28. The monoisotopic (exact) mass is 282 g/mol. The van der Waals surface area contributed by atoms with Gasteiger partial charge in [-0.2, -0.15) is 0 Å². The fourth-order valence-electron chi connectivity index (χ4n) is 2.15. The Hall–Kier alpha value is -2.09. The van der Waals surface area contributed by atoms with Crippen molar-refractivity contribution in [3.8, 4) is 11.5 Å². The first-order valence-electron chi connectivity index (χ1n) is 7.55. The molecule has 0 heterocycles. The summed E-state index contributed by atoms with van der Waals surface area (Å²) in [5, 5.41) is 0. The molecular weight excluding hydrogens is 260 g/mol. The van der Waals surface area contributed by atoms with Crippen LogP contribution in [0.15, 0.2) is 48.5 Å². The molecule has 1 atom stereocenters. The van der Waals surface area contributed by atoms with E-state index in [-0.39, 0.29) is 5.78 Å². The third-order valence-electron chi connectivity index (χ3n) is 3.79. The topological polar surface area (TPSA) is 26.3 Å². The van der Waals surface area contributed by atoms with Gasteiger partial charge in [0, 0.05) is 12.0 Å². The van der Waals surface area contributed by atoms with Crippen LogP contribution in [-0.2, 0) is 0 Å². The Morgan fingerprint density at radius 3 is 1.95 bits per heavy atom. The Labute approximate surface area is 126 Å². The highest BCUT2D eigenvalue weighted by Gasteiger charge is 2.05. The molecule has 2 aromatic carbocycles. The van der Waals surface area contributed by atoms with E-state index in [0.29, 0.717) is 12.3 Å². The molecule has 2 heteroatoms. The van der Waals surface area contributed by atoms with Crippen LogP contribution >= 0.6 is 0 Å². The Morgan fingerprint density at radius 1 is 0.952 bits per heavy atom. The second-order valence-corrected chi connectivity index (χ2v) is 5.28. The molecule has 2 aromatic rings. The van der Waals surface area contributed by atoms with Gasteiger partial charge in [0.25, 0.3) is 0 Å². The third-order valence-corrected chi connectivity index (χ3v) is 3.79. The zero-order chi connectivity index (χ0) is 15.2. The van der Waals surface area contributed by atoms with Gasteiger partial charge in [0.15, 0.2) is 5.78 Å². The van der Waals surface area contributed by atoms with E-state index in [1.165, 1.54) is 5.56 Å². The molecule has 0 saturated carbocycles. The van der Waals surface area contributed by atoms with E-state index in [0.717, 1.165) is 23.5 Å². The van der Waals surface area contributed by atoms with Crippen LogP contribution in [0.2, 0.25) is 0 Å². The molecule has 0 bridgehead atoms. The van der Waals surface area contributed by atoms with Gasteiger partial charge in [-0.25, -0.2) is 0 Å². The maximum absolute atomic E-state index is 11.6. The van der Waals surface area contributed by atoms with Crippen molar-refractivity contribution in [2.24, 2.45) is 0 Å². The van der Waals surface area contributed by atoms with E-state index < -0.39 is 0 Å².